The van der Waals surface area contributed by atoms with Gasteiger partial charge in [0.2, 0.25) is 0 Å². The fraction of sp³-hybridized carbons (Fsp3) is 0.231. The van der Waals surface area contributed by atoms with E-state index in [0.717, 1.165) is 18.2 Å². The highest BCUT2D eigenvalue weighted by atomic mass is 32.1. The van der Waals surface area contributed by atoms with E-state index in [2.05, 4.69) is 15.1 Å². The van der Waals surface area contributed by atoms with Crippen molar-refractivity contribution in [1.82, 2.24) is 24.6 Å². The molecule has 1 aliphatic heterocycles. The molecule has 0 aliphatic carbocycles. The van der Waals surface area contributed by atoms with Gasteiger partial charge in [0.1, 0.15) is 24.0 Å². The van der Waals surface area contributed by atoms with Crippen molar-refractivity contribution in [1.29, 1.82) is 0 Å². The average molecular weight is 557 g/mol. The van der Waals surface area contributed by atoms with Crippen LogP contribution in [0.15, 0.2) is 47.4 Å². The van der Waals surface area contributed by atoms with Gasteiger partial charge in [0.25, 0.3) is 5.91 Å². The number of carbonyl (C=O) groups excluding carboxylic acids is 1. The highest BCUT2D eigenvalue weighted by molar-refractivity contribution is 7.07. The predicted molar refractivity (Wildman–Crippen MR) is 137 cm³/mol. The number of aryl methyl sites for hydroxylation is 1. The summed E-state index contributed by atoms with van der Waals surface area (Å²) < 4.78 is 62.6. The number of hydrogen-bond acceptors (Lipinski definition) is 7. The molecule has 4 heterocycles. The first kappa shape index (κ1) is 25.0. The second kappa shape index (κ2) is 8.90. The summed E-state index contributed by atoms with van der Waals surface area (Å²) in [5, 5.41) is 7.01. The number of hydrogen-bond donors (Lipinski definition) is 1. The molecule has 3 aromatic heterocycles. The Labute approximate surface area is 222 Å². The van der Waals surface area contributed by atoms with Gasteiger partial charge < -0.3 is 15.4 Å². The van der Waals surface area contributed by atoms with Gasteiger partial charge in [-0.25, -0.2) is 14.4 Å². The maximum absolute atomic E-state index is 15.5. The van der Waals surface area contributed by atoms with Gasteiger partial charge in [-0.3, -0.25) is 9.48 Å². The summed E-state index contributed by atoms with van der Waals surface area (Å²) >= 11 is 1.33. The van der Waals surface area contributed by atoms with Crippen LogP contribution < -0.4 is 10.5 Å². The van der Waals surface area contributed by atoms with Crippen LogP contribution in [0, 0.1) is 5.82 Å². The third-order valence-corrected chi connectivity index (χ3v) is 7.59. The van der Waals surface area contributed by atoms with Crippen molar-refractivity contribution in [2.24, 2.45) is 7.05 Å². The highest BCUT2D eigenvalue weighted by Gasteiger charge is 2.40. The van der Waals surface area contributed by atoms with Crippen molar-refractivity contribution >= 4 is 44.9 Å². The Balaban J connectivity index is 1.50. The first-order chi connectivity index (χ1) is 18.5. The predicted octanol–water partition coefficient (Wildman–Crippen LogP) is 5.66. The third-order valence-electron chi connectivity index (χ3n) is 6.99. The van der Waals surface area contributed by atoms with Crippen molar-refractivity contribution < 1.29 is 27.1 Å². The lowest BCUT2D eigenvalue weighted by atomic mass is 10.00. The van der Waals surface area contributed by atoms with E-state index in [1.54, 1.807) is 35.7 Å². The summed E-state index contributed by atoms with van der Waals surface area (Å²) in [5.74, 6) is -1.29. The Bertz CT molecular complexity index is 1750. The van der Waals surface area contributed by atoms with Crippen molar-refractivity contribution in [2.45, 2.75) is 25.2 Å². The monoisotopic (exact) mass is 556 g/mol. The number of thiazole rings is 1. The molecule has 1 aliphatic rings. The zero-order valence-corrected chi connectivity index (χ0v) is 21.3. The number of pyridine rings is 1. The van der Waals surface area contributed by atoms with E-state index in [1.807, 2.05) is 0 Å². The molecule has 39 heavy (non-hydrogen) atoms. The van der Waals surface area contributed by atoms with Crippen LogP contribution in [0.3, 0.4) is 0 Å². The summed E-state index contributed by atoms with van der Waals surface area (Å²) in [7, 11) is 1.70. The van der Waals surface area contributed by atoms with Crippen LogP contribution >= 0.6 is 11.3 Å². The molecule has 0 bridgehead atoms. The Morgan fingerprint density at radius 3 is 2.77 bits per heavy atom. The molecule has 0 saturated heterocycles. The minimum absolute atomic E-state index is 0.0216. The van der Waals surface area contributed by atoms with Gasteiger partial charge in [-0.1, -0.05) is 6.07 Å². The number of ether oxygens (including phenoxy) is 1. The molecule has 8 nitrogen and oxygen atoms in total. The van der Waals surface area contributed by atoms with E-state index in [9.17, 15) is 18.0 Å². The fourth-order valence-corrected chi connectivity index (χ4v) is 5.68. The molecular formula is C26H20F4N6O2S. The quantitative estimate of drug-likeness (QED) is 0.287. The van der Waals surface area contributed by atoms with Gasteiger partial charge >= 0.3 is 6.18 Å². The number of carbonyl (C=O) groups is 1. The smallest absolute Gasteiger partial charge is 0.416 e. The lowest BCUT2D eigenvalue weighted by Crippen LogP contribution is -2.38. The molecule has 2 aromatic carbocycles. The Morgan fingerprint density at radius 2 is 2.05 bits per heavy atom. The number of rotatable bonds is 4. The molecule has 2 atom stereocenters. The first-order valence-corrected chi connectivity index (χ1v) is 12.7. The maximum atomic E-state index is 15.5. The van der Waals surface area contributed by atoms with Crippen LogP contribution in [0.4, 0.5) is 23.4 Å². The third kappa shape index (κ3) is 4.04. The number of aromatic nitrogens is 4. The van der Waals surface area contributed by atoms with Gasteiger partial charge in [-0.15, -0.1) is 11.3 Å². The van der Waals surface area contributed by atoms with E-state index in [1.165, 1.54) is 28.4 Å². The molecule has 0 spiro atoms. The summed E-state index contributed by atoms with van der Waals surface area (Å²) in [5.41, 5.74) is 8.33. The molecule has 200 valence electrons. The van der Waals surface area contributed by atoms with Gasteiger partial charge in [0.05, 0.1) is 57.0 Å². The normalized spacial score (nSPS) is 15.9. The van der Waals surface area contributed by atoms with E-state index < -0.39 is 35.5 Å². The molecule has 1 amide bonds. The van der Waals surface area contributed by atoms with Crippen LogP contribution in [-0.2, 0) is 13.2 Å². The van der Waals surface area contributed by atoms with Gasteiger partial charge in [-0.2, -0.15) is 18.3 Å². The molecule has 2 unspecified atom stereocenters. The number of nitrogens with two attached hydrogens (primary N) is 1. The first-order valence-electron chi connectivity index (χ1n) is 11.8. The minimum atomic E-state index is -4.55. The standard InChI is InChI=1S/C26H20F4N6O2S/c1-12(20-10-39-11-32-20)36(21-9-38-22-5-13(26(28,29)30)3-4-14(21)22)25(37)15-6-16-19(7-18(15)27)34-24(31)17-8-33-35(2)23(16)17/h3-8,10-12,21H,9H2,1-2H3,(H2,31,34). The molecule has 6 rings (SSSR count). The Morgan fingerprint density at radius 1 is 1.26 bits per heavy atom. The number of benzene rings is 2. The molecule has 0 radical (unpaired) electrons. The van der Waals surface area contributed by atoms with Crippen molar-refractivity contribution in [2.75, 3.05) is 12.3 Å². The zero-order valence-electron chi connectivity index (χ0n) is 20.5. The topological polar surface area (TPSA) is 99.2 Å². The molecule has 2 N–H and O–H groups in total. The summed E-state index contributed by atoms with van der Waals surface area (Å²) in [6.07, 6.45) is -3.01. The van der Waals surface area contributed by atoms with Crippen molar-refractivity contribution in [3.8, 4) is 5.75 Å². The Kier molecular flexibility index (Phi) is 5.72. The lowest BCUT2D eigenvalue weighted by Gasteiger charge is -2.33. The van der Waals surface area contributed by atoms with E-state index in [0.29, 0.717) is 27.5 Å². The van der Waals surface area contributed by atoms with Crippen molar-refractivity contribution in [3.63, 3.8) is 0 Å². The number of nitrogen functional groups attached to an aromatic ring is 1. The average Bonchev–Trinajstić information content (AvgIpc) is 3.64. The van der Waals surface area contributed by atoms with Gasteiger partial charge in [0.15, 0.2) is 0 Å². The number of anilines is 1. The SMILES string of the molecule is CC(c1cscn1)N(C(=O)c1cc2c(cc1F)nc(N)c1cnn(C)c12)C1COc2cc(C(F)(F)F)ccc21. The fourth-order valence-electron chi connectivity index (χ4n) is 5.04. The number of alkyl halides is 3. The zero-order chi connectivity index (χ0) is 27.6. The number of nitrogens with zero attached hydrogens (tertiary/aromatic N) is 5. The lowest BCUT2D eigenvalue weighted by molar-refractivity contribution is -0.137. The van der Waals surface area contributed by atoms with Crippen LogP contribution in [0.25, 0.3) is 21.8 Å². The molecule has 13 heteroatoms. The van der Waals surface area contributed by atoms with Crippen LogP contribution in [0.5, 0.6) is 5.75 Å². The van der Waals surface area contributed by atoms with Gasteiger partial charge in [0, 0.05) is 29.4 Å². The van der Waals surface area contributed by atoms with Crippen LogP contribution in [0.1, 0.15) is 46.2 Å². The van der Waals surface area contributed by atoms with Crippen LogP contribution in [0.2, 0.25) is 0 Å². The van der Waals surface area contributed by atoms with Crippen molar-refractivity contribution in [3.05, 3.63) is 75.6 Å². The second-order valence-corrected chi connectivity index (χ2v) is 9.97. The summed E-state index contributed by atoms with van der Waals surface area (Å²) in [4.78, 5) is 24.2. The van der Waals surface area contributed by atoms with Gasteiger partial charge in [-0.05, 0) is 25.1 Å². The largest absolute Gasteiger partial charge is 0.491 e. The summed E-state index contributed by atoms with van der Waals surface area (Å²) in [6.45, 7) is 1.63. The number of halogens is 4. The Hall–Kier alpha value is -4.26. The highest BCUT2D eigenvalue weighted by Crippen LogP contribution is 2.44. The van der Waals surface area contributed by atoms with E-state index in [-0.39, 0.29) is 29.3 Å². The second-order valence-electron chi connectivity index (χ2n) is 9.26. The number of fused-ring (bicyclic) bond motifs is 4. The van der Waals surface area contributed by atoms with Crippen LogP contribution in [-0.4, -0.2) is 37.2 Å². The minimum Gasteiger partial charge on any atom is -0.491 e. The maximum Gasteiger partial charge on any atom is 0.416 e. The molecule has 0 saturated carbocycles. The molecular weight excluding hydrogens is 536 g/mol. The van der Waals surface area contributed by atoms with E-state index >= 15 is 4.39 Å². The number of amides is 1. The summed E-state index contributed by atoms with van der Waals surface area (Å²) in [6, 6.07) is 4.27. The van der Waals surface area contributed by atoms with E-state index in [4.69, 9.17) is 10.5 Å². The molecule has 5 aromatic rings. The molecule has 0 fully saturated rings.